The Hall–Kier alpha value is -0.870. The fourth-order valence-corrected chi connectivity index (χ4v) is 5.53. The number of esters is 1. The van der Waals surface area contributed by atoms with Crippen LogP contribution in [0.25, 0.3) is 0 Å². The predicted octanol–water partition coefficient (Wildman–Crippen LogP) is 11.0. The highest BCUT2D eigenvalue weighted by molar-refractivity contribution is 5.68. The number of ether oxygens (including phenoxy) is 3. The summed E-state index contributed by atoms with van der Waals surface area (Å²) >= 11 is 0. The molecule has 0 spiro atoms. The molecule has 1 heterocycles. The molecule has 1 fully saturated rings. The number of hydrogen-bond donors (Lipinski definition) is 0. The normalized spacial score (nSPS) is 16.1. The Labute approximate surface area is 243 Å². The summed E-state index contributed by atoms with van der Waals surface area (Å²) in [6.45, 7) is 4.07. The van der Waals surface area contributed by atoms with E-state index in [9.17, 15) is 4.79 Å². The maximum Gasteiger partial charge on any atom is 0.305 e. The number of hydrogen-bond acceptors (Lipinski definition) is 4. The average Bonchev–Trinajstić information content (AvgIpc) is 2.96. The third-order valence-corrected chi connectivity index (χ3v) is 8.21. The molecule has 0 aliphatic carbocycles. The van der Waals surface area contributed by atoms with Crippen LogP contribution >= 0.6 is 0 Å². The average molecular weight is 551 g/mol. The van der Waals surface area contributed by atoms with E-state index in [0.29, 0.717) is 6.42 Å². The van der Waals surface area contributed by atoms with Crippen LogP contribution in [0.3, 0.4) is 0 Å². The Morgan fingerprint density at radius 3 is 1.67 bits per heavy atom. The molecule has 0 radical (unpaired) electrons. The molecule has 0 saturated carbocycles. The van der Waals surface area contributed by atoms with Crippen LogP contribution < -0.4 is 0 Å². The SMILES string of the molecule is COC(=O)CCCCCCCCC(C)=CCCCCCCCCCCCCCCCCCOC1CCCCO1. The summed E-state index contributed by atoms with van der Waals surface area (Å²) in [5, 5.41) is 0. The Morgan fingerprint density at radius 2 is 1.15 bits per heavy atom. The summed E-state index contributed by atoms with van der Waals surface area (Å²) in [5.74, 6) is -0.0720. The number of allylic oxidation sites excluding steroid dienone is 2. The number of carbonyl (C=O) groups is 1. The lowest BCUT2D eigenvalue weighted by Gasteiger charge is -2.22. The number of rotatable bonds is 28. The van der Waals surface area contributed by atoms with Gasteiger partial charge in [-0.3, -0.25) is 4.79 Å². The molecule has 1 unspecified atom stereocenters. The van der Waals surface area contributed by atoms with Crippen molar-refractivity contribution in [1.29, 1.82) is 0 Å². The highest BCUT2D eigenvalue weighted by Gasteiger charge is 2.13. The van der Waals surface area contributed by atoms with Crippen molar-refractivity contribution < 1.29 is 19.0 Å². The summed E-state index contributed by atoms with van der Waals surface area (Å²) in [5.41, 5.74) is 1.58. The Balaban J connectivity index is 1.70. The molecule has 4 nitrogen and oxygen atoms in total. The lowest BCUT2D eigenvalue weighted by molar-refractivity contribution is -0.162. The standard InChI is InChI=1S/C35H66O4/c1-33(28-22-18-14-15-19-23-29-34(36)37-2)27-21-17-13-11-9-7-5-3-4-6-8-10-12-16-20-25-31-38-35-30-24-26-32-39-35/h27,35H,3-26,28-32H2,1-2H3. The topological polar surface area (TPSA) is 44.8 Å². The van der Waals surface area contributed by atoms with Gasteiger partial charge in [0.05, 0.1) is 7.11 Å². The molecule has 0 N–H and O–H groups in total. The van der Waals surface area contributed by atoms with Crippen LogP contribution in [-0.2, 0) is 19.0 Å². The van der Waals surface area contributed by atoms with Gasteiger partial charge in [-0.05, 0) is 64.7 Å². The van der Waals surface area contributed by atoms with Gasteiger partial charge in [0.25, 0.3) is 0 Å². The highest BCUT2D eigenvalue weighted by Crippen LogP contribution is 2.17. The fourth-order valence-electron chi connectivity index (χ4n) is 5.53. The van der Waals surface area contributed by atoms with Crippen molar-refractivity contribution in [2.24, 2.45) is 0 Å². The first-order valence-corrected chi connectivity index (χ1v) is 17.2. The van der Waals surface area contributed by atoms with Crippen molar-refractivity contribution in [2.75, 3.05) is 20.3 Å². The van der Waals surface area contributed by atoms with Gasteiger partial charge in [0.2, 0.25) is 0 Å². The van der Waals surface area contributed by atoms with Crippen LogP contribution in [0.5, 0.6) is 0 Å². The monoisotopic (exact) mass is 550 g/mol. The zero-order valence-corrected chi connectivity index (χ0v) is 26.3. The minimum atomic E-state index is -0.0720. The van der Waals surface area contributed by atoms with Crippen LogP contribution in [0, 0.1) is 0 Å². The first kappa shape index (κ1) is 36.2. The Kier molecular flexibility index (Phi) is 26.6. The van der Waals surface area contributed by atoms with Crippen molar-refractivity contribution in [3.05, 3.63) is 11.6 Å². The van der Waals surface area contributed by atoms with E-state index < -0.39 is 0 Å². The highest BCUT2D eigenvalue weighted by atomic mass is 16.7. The maximum absolute atomic E-state index is 11.1. The number of carbonyl (C=O) groups excluding carboxylic acids is 1. The molecular weight excluding hydrogens is 484 g/mol. The third-order valence-electron chi connectivity index (χ3n) is 8.21. The van der Waals surface area contributed by atoms with Gasteiger partial charge in [0.1, 0.15) is 0 Å². The summed E-state index contributed by atoms with van der Waals surface area (Å²) in [6, 6.07) is 0. The second kappa shape index (κ2) is 28.7. The van der Waals surface area contributed by atoms with Crippen molar-refractivity contribution in [1.82, 2.24) is 0 Å². The second-order valence-corrected chi connectivity index (χ2v) is 12.0. The van der Waals surface area contributed by atoms with Crippen molar-refractivity contribution in [3.8, 4) is 0 Å². The summed E-state index contributed by atoms with van der Waals surface area (Å²) in [6.07, 6.45) is 37.4. The Bertz CT molecular complexity index is 553. The first-order valence-electron chi connectivity index (χ1n) is 17.2. The Morgan fingerprint density at radius 1 is 0.667 bits per heavy atom. The fraction of sp³-hybridized carbons (Fsp3) is 0.914. The van der Waals surface area contributed by atoms with E-state index in [1.54, 1.807) is 5.57 Å². The lowest BCUT2D eigenvalue weighted by Crippen LogP contribution is -2.22. The molecule has 0 aromatic rings. The molecule has 230 valence electrons. The zero-order chi connectivity index (χ0) is 28.1. The summed E-state index contributed by atoms with van der Waals surface area (Å²) < 4.78 is 16.1. The molecule has 1 saturated heterocycles. The maximum atomic E-state index is 11.1. The van der Waals surface area contributed by atoms with E-state index in [1.807, 2.05) is 0 Å². The molecule has 39 heavy (non-hydrogen) atoms. The van der Waals surface area contributed by atoms with Crippen LogP contribution in [0.4, 0.5) is 0 Å². The smallest absolute Gasteiger partial charge is 0.305 e. The van der Waals surface area contributed by atoms with E-state index in [2.05, 4.69) is 17.7 Å². The molecule has 0 amide bonds. The quantitative estimate of drug-likeness (QED) is 0.0552. The summed E-state index contributed by atoms with van der Waals surface area (Å²) in [7, 11) is 1.47. The van der Waals surface area contributed by atoms with Gasteiger partial charge < -0.3 is 14.2 Å². The van der Waals surface area contributed by atoms with E-state index >= 15 is 0 Å². The van der Waals surface area contributed by atoms with Crippen molar-refractivity contribution >= 4 is 5.97 Å². The van der Waals surface area contributed by atoms with Crippen LogP contribution in [-0.4, -0.2) is 32.6 Å². The molecule has 1 rings (SSSR count). The van der Waals surface area contributed by atoms with E-state index in [4.69, 9.17) is 9.47 Å². The van der Waals surface area contributed by atoms with E-state index in [0.717, 1.165) is 32.5 Å². The van der Waals surface area contributed by atoms with Crippen LogP contribution in [0.15, 0.2) is 11.6 Å². The summed E-state index contributed by atoms with van der Waals surface area (Å²) in [4.78, 5) is 11.1. The van der Waals surface area contributed by atoms with Gasteiger partial charge in [-0.15, -0.1) is 0 Å². The number of unbranched alkanes of at least 4 members (excludes halogenated alkanes) is 20. The van der Waals surface area contributed by atoms with Gasteiger partial charge in [-0.1, -0.05) is 121 Å². The van der Waals surface area contributed by atoms with Gasteiger partial charge in [0.15, 0.2) is 6.29 Å². The van der Waals surface area contributed by atoms with Gasteiger partial charge in [-0.25, -0.2) is 0 Å². The second-order valence-electron chi connectivity index (χ2n) is 12.0. The number of methoxy groups -OCH3 is 1. The molecule has 1 aliphatic heterocycles. The minimum Gasteiger partial charge on any atom is -0.469 e. The molecule has 0 aromatic heterocycles. The molecule has 4 heteroatoms. The molecular formula is C35H66O4. The first-order chi connectivity index (χ1) is 19.2. The largest absolute Gasteiger partial charge is 0.469 e. The predicted molar refractivity (Wildman–Crippen MR) is 166 cm³/mol. The molecule has 0 aromatic carbocycles. The van der Waals surface area contributed by atoms with Crippen LogP contribution in [0.2, 0.25) is 0 Å². The van der Waals surface area contributed by atoms with E-state index in [-0.39, 0.29) is 12.3 Å². The lowest BCUT2D eigenvalue weighted by atomic mass is 10.0. The molecule has 1 aliphatic rings. The van der Waals surface area contributed by atoms with Crippen molar-refractivity contribution in [3.63, 3.8) is 0 Å². The molecule has 0 bridgehead atoms. The zero-order valence-electron chi connectivity index (χ0n) is 26.3. The third kappa shape index (κ3) is 25.8. The van der Waals surface area contributed by atoms with Gasteiger partial charge in [-0.2, -0.15) is 0 Å². The molecule has 1 atom stereocenters. The minimum absolute atomic E-state index is 0.0720. The van der Waals surface area contributed by atoms with Gasteiger partial charge in [0, 0.05) is 19.6 Å². The van der Waals surface area contributed by atoms with E-state index in [1.165, 1.54) is 155 Å². The van der Waals surface area contributed by atoms with Gasteiger partial charge >= 0.3 is 5.97 Å². The van der Waals surface area contributed by atoms with Crippen molar-refractivity contribution in [2.45, 2.75) is 187 Å². The van der Waals surface area contributed by atoms with Crippen LogP contribution in [0.1, 0.15) is 180 Å².